The molecule has 0 radical (unpaired) electrons. The van der Waals surface area contributed by atoms with Gasteiger partial charge in [-0.15, -0.1) is 0 Å². The Morgan fingerprint density at radius 3 is 2.70 bits per heavy atom. The zero-order valence-electron chi connectivity index (χ0n) is 6.38. The molecule has 1 heteroatoms. The number of hydrogen-bond acceptors (Lipinski definition) is 1. The molecule has 0 amide bonds. The van der Waals surface area contributed by atoms with Gasteiger partial charge in [0.1, 0.15) is 0 Å². The van der Waals surface area contributed by atoms with Crippen LogP contribution in [0.25, 0.3) is 0 Å². The highest BCUT2D eigenvalue weighted by Gasteiger charge is 1.86. The predicted octanol–water partition coefficient (Wildman–Crippen LogP) is 2.99. The van der Waals surface area contributed by atoms with Crippen LogP contribution >= 0.6 is 12.6 Å². The van der Waals surface area contributed by atoms with Gasteiger partial charge in [-0.3, -0.25) is 0 Å². The Labute approximate surface area is 68.7 Å². The highest BCUT2D eigenvalue weighted by atomic mass is 32.1. The summed E-state index contributed by atoms with van der Waals surface area (Å²) in [6.07, 6.45) is 8.94. The summed E-state index contributed by atoms with van der Waals surface area (Å²) in [5.41, 5.74) is 1.28. The van der Waals surface area contributed by atoms with E-state index in [0.717, 1.165) is 12.2 Å². The molecule has 0 saturated heterocycles. The molecule has 0 spiro atoms. The lowest BCUT2D eigenvalue weighted by molar-refractivity contribution is 1.17. The zero-order chi connectivity index (χ0) is 7.82. The molecule has 0 aromatic carbocycles. The summed E-state index contributed by atoms with van der Waals surface area (Å²) in [7, 11) is 0. The first-order valence-electron chi connectivity index (χ1n) is 3.40. The van der Waals surface area contributed by atoms with Crippen LogP contribution in [-0.4, -0.2) is 5.75 Å². The molecular formula is C9H14S. The summed E-state index contributed by atoms with van der Waals surface area (Å²) in [6.45, 7) is 5.64. The quantitative estimate of drug-likeness (QED) is 0.467. The Balaban J connectivity index is 3.96. The molecule has 0 aliphatic heterocycles. The number of hydrogen-bond donors (Lipinski definition) is 1. The molecule has 10 heavy (non-hydrogen) atoms. The molecule has 0 bridgehead atoms. The third kappa shape index (κ3) is 4.45. The van der Waals surface area contributed by atoms with Crippen LogP contribution in [0.1, 0.15) is 13.3 Å². The largest absolute Gasteiger partial charge is 0.179 e. The zero-order valence-corrected chi connectivity index (χ0v) is 7.27. The number of allylic oxidation sites excluding steroid dienone is 5. The molecule has 0 aliphatic rings. The topological polar surface area (TPSA) is 0 Å². The van der Waals surface area contributed by atoms with Gasteiger partial charge in [-0.2, -0.15) is 12.6 Å². The fourth-order valence-electron chi connectivity index (χ4n) is 0.717. The summed E-state index contributed by atoms with van der Waals surface area (Å²) >= 11 is 4.14. The van der Waals surface area contributed by atoms with Crippen molar-refractivity contribution in [2.45, 2.75) is 13.3 Å². The molecular weight excluding hydrogens is 140 g/mol. The number of rotatable bonds is 4. The van der Waals surface area contributed by atoms with Gasteiger partial charge >= 0.3 is 0 Å². The summed E-state index contributed by atoms with van der Waals surface area (Å²) in [6, 6.07) is 0. The van der Waals surface area contributed by atoms with Crippen LogP contribution in [0.4, 0.5) is 0 Å². The summed E-state index contributed by atoms with van der Waals surface area (Å²) in [5.74, 6) is 0.893. The van der Waals surface area contributed by atoms with Crippen molar-refractivity contribution in [1.82, 2.24) is 0 Å². The van der Waals surface area contributed by atoms with E-state index in [-0.39, 0.29) is 0 Å². The second kappa shape index (κ2) is 6.69. The van der Waals surface area contributed by atoms with Crippen LogP contribution in [0, 0.1) is 0 Å². The third-order valence-corrected chi connectivity index (χ3v) is 1.34. The highest BCUT2D eigenvalue weighted by Crippen LogP contribution is 2.04. The normalized spacial score (nSPS) is 12.4. The maximum atomic E-state index is 4.14. The van der Waals surface area contributed by atoms with Crippen molar-refractivity contribution in [2.24, 2.45) is 0 Å². The maximum Gasteiger partial charge on any atom is -0.00574 e. The lowest BCUT2D eigenvalue weighted by atomic mass is 10.2. The minimum absolute atomic E-state index is 0.893. The first-order chi connectivity index (χ1) is 4.85. The van der Waals surface area contributed by atoms with Crippen molar-refractivity contribution in [1.29, 1.82) is 0 Å². The second-order valence-corrected chi connectivity index (χ2v) is 2.40. The van der Waals surface area contributed by atoms with Crippen LogP contribution in [0.2, 0.25) is 0 Å². The SMILES string of the molecule is C=C/C=C(\C=C/C)CCS. The Morgan fingerprint density at radius 1 is 1.60 bits per heavy atom. The fraction of sp³-hybridized carbons (Fsp3) is 0.333. The van der Waals surface area contributed by atoms with E-state index in [1.807, 2.05) is 19.1 Å². The molecule has 0 aromatic heterocycles. The van der Waals surface area contributed by atoms with Gasteiger partial charge in [0, 0.05) is 0 Å². The van der Waals surface area contributed by atoms with Crippen molar-refractivity contribution in [3.05, 3.63) is 36.5 Å². The third-order valence-electron chi connectivity index (χ3n) is 1.11. The number of thiol groups is 1. The molecule has 0 heterocycles. The minimum atomic E-state index is 0.893. The molecule has 0 aromatic rings. The highest BCUT2D eigenvalue weighted by molar-refractivity contribution is 7.80. The van der Waals surface area contributed by atoms with Crippen molar-refractivity contribution in [2.75, 3.05) is 5.75 Å². The van der Waals surface area contributed by atoms with Gasteiger partial charge in [0.15, 0.2) is 0 Å². The summed E-state index contributed by atoms with van der Waals surface area (Å²) < 4.78 is 0. The Hall–Kier alpha value is -0.430. The van der Waals surface area contributed by atoms with E-state index in [4.69, 9.17) is 0 Å². The van der Waals surface area contributed by atoms with Gasteiger partial charge in [-0.1, -0.05) is 30.9 Å². The van der Waals surface area contributed by atoms with Crippen molar-refractivity contribution in [3.63, 3.8) is 0 Å². The van der Waals surface area contributed by atoms with E-state index in [1.165, 1.54) is 5.57 Å². The van der Waals surface area contributed by atoms with E-state index in [1.54, 1.807) is 6.08 Å². The van der Waals surface area contributed by atoms with Crippen LogP contribution in [0.3, 0.4) is 0 Å². The van der Waals surface area contributed by atoms with Crippen LogP contribution < -0.4 is 0 Å². The van der Waals surface area contributed by atoms with Crippen molar-refractivity contribution < 1.29 is 0 Å². The molecule has 0 aliphatic carbocycles. The van der Waals surface area contributed by atoms with E-state index in [0.29, 0.717) is 0 Å². The fourth-order valence-corrected chi connectivity index (χ4v) is 0.975. The van der Waals surface area contributed by atoms with Gasteiger partial charge in [0.25, 0.3) is 0 Å². The molecule has 0 fully saturated rings. The average Bonchev–Trinajstić information content (AvgIpc) is 1.90. The maximum absolute atomic E-state index is 4.14. The lowest BCUT2D eigenvalue weighted by Gasteiger charge is -1.94. The van der Waals surface area contributed by atoms with Gasteiger partial charge < -0.3 is 0 Å². The predicted molar refractivity (Wildman–Crippen MR) is 51.6 cm³/mol. The molecule has 0 N–H and O–H groups in total. The van der Waals surface area contributed by atoms with Gasteiger partial charge in [0.2, 0.25) is 0 Å². The Bertz CT molecular complexity index is 143. The summed E-state index contributed by atoms with van der Waals surface area (Å²) in [4.78, 5) is 0. The molecule has 0 atom stereocenters. The molecule has 0 nitrogen and oxygen atoms in total. The van der Waals surface area contributed by atoms with Crippen LogP contribution in [-0.2, 0) is 0 Å². The minimum Gasteiger partial charge on any atom is -0.179 e. The van der Waals surface area contributed by atoms with E-state index in [9.17, 15) is 0 Å². The van der Waals surface area contributed by atoms with E-state index in [2.05, 4.69) is 25.3 Å². The smallest absolute Gasteiger partial charge is 0.00574 e. The van der Waals surface area contributed by atoms with Crippen molar-refractivity contribution in [3.8, 4) is 0 Å². The van der Waals surface area contributed by atoms with E-state index < -0.39 is 0 Å². The van der Waals surface area contributed by atoms with Crippen molar-refractivity contribution >= 4 is 12.6 Å². The summed E-state index contributed by atoms with van der Waals surface area (Å²) in [5, 5.41) is 0. The van der Waals surface area contributed by atoms with Gasteiger partial charge in [-0.05, 0) is 24.7 Å². The molecule has 56 valence electrons. The van der Waals surface area contributed by atoms with Crippen LogP contribution in [0.15, 0.2) is 36.5 Å². The molecule has 0 unspecified atom stereocenters. The van der Waals surface area contributed by atoms with Crippen LogP contribution in [0.5, 0.6) is 0 Å². The Morgan fingerprint density at radius 2 is 2.30 bits per heavy atom. The Kier molecular flexibility index (Phi) is 6.40. The first-order valence-corrected chi connectivity index (χ1v) is 4.03. The second-order valence-electron chi connectivity index (χ2n) is 1.95. The van der Waals surface area contributed by atoms with Gasteiger partial charge in [-0.25, -0.2) is 0 Å². The molecule has 0 saturated carbocycles. The average molecular weight is 154 g/mol. The standard InChI is InChI=1S/C9H14S/c1-3-5-9(6-4-2)7-8-10/h3-6,10H,1,7-8H2,2H3/b6-4-,9-5+. The first kappa shape index (κ1) is 9.57. The lowest BCUT2D eigenvalue weighted by Crippen LogP contribution is -1.78. The van der Waals surface area contributed by atoms with Gasteiger partial charge in [0.05, 0.1) is 0 Å². The monoisotopic (exact) mass is 154 g/mol. The van der Waals surface area contributed by atoms with E-state index >= 15 is 0 Å². The molecule has 0 rings (SSSR count).